The van der Waals surface area contributed by atoms with Crippen LogP contribution in [0.5, 0.6) is 11.8 Å². The van der Waals surface area contributed by atoms with Crippen LogP contribution in [0.3, 0.4) is 0 Å². The second-order valence-electron chi connectivity index (χ2n) is 7.20. The van der Waals surface area contributed by atoms with E-state index in [2.05, 4.69) is 39.2 Å². The van der Waals surface area contributed by atoms with Crippen molar-refractivity contribution in [3.63, 3.8) is 0 Å². The molecule has 2 aromatic rings. The monoisotopic (exact) mass is 370 g/mol. The van der Waals surface area contributed by atoms with Crippen molar-refractivity contribution in [2.75, 3.05) is 39.2 Å². The molecule has 3 heterocycles. The Hall–Kier alpha value is -2.34. The summed E-state index contributed by atoms with van der Waals surface area (Å²) < 4.78 is 10.5. The van der Waals surface area contributed by atoms with Crippen LogP contribution in [0, 0.1) is 12.8 Å². The minimum atomic E-state index is 0.283. The number of hydrogen-bond donors (Lipinski definition) is 1. The highest BCUT2D eigenvalue weighted by atomic mass is 16.5. The van der Waals surface area contributed by atoms with Crippen LogP contribution in [0.2, 0.25) is 0 Å². The number of nitrogens with one attached hydrogen (secondary N) is 1. The van der Waals surface area contributed by atoms with E-state index in [1.807, 2.05) is 25.1 Å². The molecule has 0 amide bonds. The summed E-state index contributed by atoms with van der Waals surface area (Å²) in [5.74, 6) is 1.93. The first kappa shape index (κ1) is 19.4. The molecule has 1 aliphatic rings. The summed E-state index contributed by atoms with van der Waals surface area (Å²) in [5, 5.41) is 3.57. The number of aromatic nitrogens is 2. The Kier molecular flexibility index (Phi) is 6.50. The van der Waals surface area contributed by atoms with Gasteiger partial charge in [0.15, 0.2) is 0 Å². The van der Waals surface area contributed by atoms with E-state index in [0.29, 0.717) is 17.7 Å². The summed E-state index contributed by atoms with van der Waals surface area (Å²) >= 11 is 0. The van der Waals surface area contributed by atoms with E-state index in [4.69, 9.17) is 9.47 Å². The number of aryl methyl sites for hydroxylation is 1. The third-order valence-electron chi connectivity index (χ3n) is 5.21. The summed E-state index contributed by atoms with van der Waals surface area (Å²) in [5.41, 5.74) is 3.09. The topological polar surface area (TPSA) is 59.5 Å². The van der Waals surface area contributed by atoms with E-state index < -0.39 is 0 Å². The first-order valence-corrected chi connectivity index (χ1v) is 9.60. The van der Waals surface area contributed by atoms with Crippen LogP contribution in [-0.2, 0) is 0 Å². The summed E-state index contributed by atoms with van der Waals surface area (Å²) in [6.07, 6.45) is 2.45. The van der Waals surface area contributed by atoms with Gasteiger partial charge in [0.1, 0.15) is 0 Å². The van der Waals surface area contributed by atoms with Crippen LogP contribution in [-0.4, -0.2) is 48.7 Å². The normalized spacial score (nSPS) is 18.7. The van der Waals surface area contributed by atoms with Gasteiger partial charge in [-0.15, -0.1) is 0 Å². The number of likely N-dealkylation sites (tertiary alicyclic amines) is 1. The molecule has 0 bridgehead atoms. The number of piperidine rings is 1. The molecule has 1 saturated heterocycles. The Morgan fingerprint density at radius 1 is 1.19 bits per heavy atom. The van der Waals surface area contributed by atoms with Crippen molar-refractivity contribution in [1.29, 1.82) is 0 Å². The van der Waals surface area contributed by atoms with Gasteiger partial charge >= 0.3 is 0 Å². The van der Waals surface area contributed by atoms with Crippen LogP contribution < -0.4 is 14.8 Å². The molecule has 0 unspecified atom stereocenters. The fraction of sp³-hybridized carbons (Fsp3) is 0.524. The van der Waals surface area contributed by atoms with Crippen molar-refractivity contribution in [1.82, 2.24) is 14.9 Å². The Labute approximate surface area is 161 Å². The van der Waals surface area contributed by atoms with Gasteiger partial charge in [0.2, 0.25) is 11.8 Å². The number of pyridine rings is 2. The smallest absolute Gasteiger partial charge is 0.215 e. The number of methoxy groups -OCH3 is 2. The summed E-state index contributed by atoms with van der Waals surface area (Å²) in [4.78, 5) is 11.5. The summed E-state index contributed by atoms with van der Waals surface area (Å²) in [7, 11) is 3.31. The molecule has 2 atom stereocenters. The molecular formula is C21H30N4O2. The van der Waals surface area contributed by atoms with Crippen molar-refractivity contribution in [2.45, 2.75) is 32.7 Å². The van der Waals surface area contributed by atoms with Gasteiger partial charge in [-0.25, -0.2) is 9.97 Å². The average molecular weight is 370 g/mol. The van der Waals surface area contributed by atoms with Crippen molar-refractivity contribution in [3.05, 3.63) is 41.7 Å². The number of ether oxygens (including phenoxy) is 2. The Morgan fingerprint density at radius 3 is 2.78 bits per heavy atom. The number of rotatable bonds is 7. The fourth-order valence-corrected chi connectivity index (χ4v) is 3.69. The van der Waals surface area contributed by atoms with Crippen molar-refractivity contribution >= 4 is 5.69 Å². The van der Waals surface area contributed by atoms with Crippen LogP contribution >= 0.6 is 0 Å². The molecule has 0 aliphatic carbocycles. The molecule has 0 radical (unpaired) electrons. The summed E-state index contributed by atoms with van der Waals surface area (Å²) in [6, 6.07) is 10.3. The van der Waals surface area contributed by atoms with Gasteiger partial charge in [-0.05, 0) is 51.3 Å². The molecule has 1 fully saturated rings. The van der Waals surface area contributed by atoms with Gasteiger partial charge in [0.25, 0.3) is 0 Å². The van der Waals surface area contributed by atoms with Gasteiger partial charge in [-0.2, -0.15) is 0 Å². The highest BCUT2D eigenvalue weighted by molar-refractivity contribution is 5.47. The van der Waals surface area contributed by atoms with E-state index in [-0.39, 0.29) is 6.04 Å². The molecule has 0 spiro atoms. The summed E-state index contributed by atoms with van der Waals surface area (Å²) in [6.45, 7) is 7.34. The molecule has 1 aliphatic heterocycles. The van der Waals surface area contributed by atoms with Crippen molar-refractivity contribution in [3.8, 4) is 11.8 Å². The van der Waals surface area contributed by atoms with Gasteiger partial charge in [0, 0.05) is 42.6 Å². The van der Waals surface area contributed by atoms with Crippen LogP contribution in [0.4, 0.5) is 5.69 Å². The Morgan fingerprint density at radius 2 is 2.00 bits per heavy atom. The molecule has 27 heavy (non-hydrogen) atoms. The molecule has 146 valence electrons. The molecule has 0 saturated carbocycles. The van der Waals surface area contributed by atoms with E-state index in [1.54, 1.807) is 14.2 Å². The Bertz CT molecular complexity index is 753. The molecule has 1 N–H and O–H groups in total. The maximum absolute atomic E-state index is 5.27. The van der Waals surface area contributed by atoms with Crippen LogP contribution in [0.25, 0.3) is 0 Å². The predicted molar refractivity (Wildman–Crippen MR) is 108 cm³/mol. The lowest BCUT2D eigenvalue weighted by molar-refractivity contribution is 0.133. The van der Waals surface area contributed by atoms with Gasteiger partial charge in [-0.3, -0.25) is 4.90 Å². The number of nitrogens with zero attached hydrogens (tertiary/aromatic N) is 3. The average Bonchev–Trinajstić information content (AvgIpc) is 2.71. The largest absolute Gasteiger partial charge is 0.481 e. The zero-order valence-electron chi connectivity index (χ0n) is 16.7. The maximum atomic E-state index is 5.27. The van der Waals surface area contributed by atoms with Crippen LogP contribution in [0.1, 0.15) is 37.2 Å². The first-order valence-electron chi connectivity index (χ1n) is 9.60. The highest BCUT2D eigenvalue weighted by Gasteiger charge is 2.25. The predicted octanol–water partition coefficient (Wildman–Crippen LogP) is 3.69. The SMILES string of the molecule is COc1cc(NC[C@H]2CCCN([C@@H](C)c3cccc(OC)n3)C2)cc(C)n1. The van der Waals surface area contributed by atoms with Crippen molar-refractivity contribution in [2.24, 2.45) is 5.92 Å². The highest BCUT2D eigenvalue weighted by Crippen LogP contribution is 2.27. The quantitative estimate of drug-likeness (QED) is 0.802. The van der Waals surface area contributed by atoms with E-state index in [1.165, 1.54) is 12.8 Å². The third-order valence-corrected chi connectivity index (χ3v) is 5.21. The molecular weight excluding hydrogens is 340 g/mol. The second-order valence-corrected chi connectivity index (χ2v) is 7.20. The minimum Gasteiger partial charge on any atom is -0.481 e. The Balaban J connectivity index is 1.59. The molecule has 2 aromatic heterocycles. The standard InChI is InChI=1S/C21H30N4O2/c1-15-11-18(12-21(23-15)27-4)22-13-17-7-6-10-25(14-17)16(2)19-8-5-9-20(24-19)26-3/h5,8-9,11-12,16-17H,6-7,10,13-14H2,1-4H3,(H,22,23)/t16-,17+/m0/s1. The molecule has 6 heteroatoms. The van der Waals surface area contributed by atoms with Gasteiger partial charge in [0.05, 0.1) is 19.9 Å². The molecule has 0 aromatic carbocycles. The second kappa shape index (κ2) is 9.04. The fourth-order valence-electron chi connectivity index (χ4n) is 3.69. The first-order chi connectivity index (χ1) is 13.1. The zero-order valence-corrected chi connectivity index (χ0v) is 16.7. The van der Waals surface area contributed by atoms with Gasteiger partial charge < -0.3 is 14.8 Å². The van der Waals surface area contributed by atoms with E-state index in [9.17, 15) is 0 Å². The lowest BCUT2D eigenvalue weighted by Gasteiger charge is -2.36. The molecule has 3 rings (SSSR count). The van der Waals surface area contributed by atoms with E-state index >= 15 is 0 Å². The number of anilines is 1. The van der Waals surface area contributed by atoms with Crippen molar-refractivity contribution < 1.29 is 9.47 Å². The molecule has 6 nitrogen and oxygen atoms in total. The van der Waals surface area contributed by atoms with Gasteiger partial charge in [-0.1, -0.05) is 6.07 Å². The zero-order chi connectivity index (χ0) is 19.2. The minimum absolute atomic E-state index is 0.283. The third kappa shape index (κ3) is 5.10. The lowest BCUT2D eigenvalue weighted by Crippen LogP contribution is -2.39. The lowest BCUT2D eigenvalue weighted by atomic mass is 9.96. The number of hydrogen-bond acceptors (Lipinski definition) is 6. The maximum Gasteiger partial charge on any atom is 0.215 e. The van der Waals surface area contributed by atoms with Crippen LogP contribution in [0.15, 0.2) is 30.3 Å². The van der Waals surface area contributed by atoms with E-state index in [0.717, 1.165) is 36.7 Å².